The van der Waals surface area contributed by atoms with Crippen LogP contribution in [0.5, 0.6) is 0 Å². The van der Waals surface area contributed by atoms with Crippen LogP contribution in [-0.2, 0) is 0 Å². The Morgan fingerprint density at radius 1 is 1.46 bits per heavy atom. The van der Waals surface area contributed by atoms with E-state index in [1.807, 2.05) is 0 Å². The normalized spacial score (nSPS) is 12.3. The third-order valence-electron chi connectivity index (χ3n) is 1.44. The van der Waals surface area contributed by atoms with E-state index in [4.69, 9.17) is 15.2 Å². The Labute approximate surface area is 76.2 Å². The van der Waals surface area contributed by atoms with Gasteiger partial charge in [-0.25, -0.2) is 4.98 Å². The van der Waals surface area contributed by atoms with Gasteiger partial charge in [0.1, 0.15) is 12.0 Å². The van der Waals surface area contributed by atoms with Crippen molar-refractivity contribution in [3.05, 3.63) is 18.3 Å². The summed E-state index contributed by atoms with van der Waals surface area (Å²) in [4.78, 5) is 3.85. The zero-order chi connectivity index (χ0) is 9.84. The first-order valence-electron chi connectivity index (χ1n) is 3.86. The molecule has 5 nitrogen and oxygen atoms in total. The summed E-state index contributed by atoms with van der Waals surface area (Å²) in [6.07, 6.45) is 0.646. The second-order valence-corrected chi connectivity index (χ2v) is 2.67. The molecule has 1 heterocycles. The molecule has 1 atom stereocenters. The van der Waals surface area contributed by atoms with Crippen LogP contribution in [0, 0.1) is 0 Å². The van der Waals surface area contributed by atoms with E-state index in [2.05, 4.69) is 10.3 Å². The average molecular weight is 182 g/mol. The van der Waals surface area contributed by atoms with E-state index in [0.717, 1.165) is 0 Å². The molecule has 0 fully saturated rings. The number of hydrogen-bond donors (Lipinski definition) is 4. The van der Waals surface area contributed by atoms with Crippen LogP contribution in [0.4, 0.5) is 5.82 Å². The first kappa shape index (κ1) is 9.98. The summed E-state index contributed by atoms with van der Waals surface area (Å²) in [5.74, 6) is 0.486. The van der Waals surface area contributed by atoms with E-state index in [1.54, 1.807) is 13.0 Å². The molecular formula is C7H11BN2O3. The highest BCUT2D eigenvalue weighted by molar-refractivity contribution is 6.58. The zero-order valence-corrected chi connectivity index (χ0v) is 7.18. The lowest BCUT2D eigenvalue weighted by atomic mass is 9.82. The monoisotopic (exact) mass is 182 g/mol. The largest absolute Gasteiger partial charge is 0.490 e. The molecule has 0 aliphatic carbocycles. The molecule has 70 valence electrons. The van der Waals surface area contributed by atoms with E-state index >= 15 is 0 Å². The molecule has 13 heavy (non-hydrogen) atoms. The molecule has 0 spiro atoms. The Morgan fingerprint density at radius 3 is 2.54 bits per heavy atom. The topological polar surface area (TPSA) is 85.6 Å². The van der Waals surface area contributed by atoms with Crippen LogP contribution < -0.4 is 10.8 Å². The van der Waals surface area contributed by atoms with Gasteiger partial charge in [-0.3, -0.25) is 0 Å². The number of pyridine rings is 1. The molecule has 0 saturated carbocycles. The molecule has 1 aromatic rings. The standard InChI is InChI=1S/C7H11BN2O3/c1-5(11)10-7-3-2-6(4-9-7)8(12)13/h2-5,11-13H,1H3,(H,9,10). The van der Waals surface area contributed by atoms with Crippen LogP contribution >= 0.6 is 0 Å². The Bertz CT molecular complexity index is 263. The second-order valence-electron chi connectivity index (χ2n) is 2.67. The first-order valence-corrected chi connectivity index (χ1v) is 3.86. The number of nitrogens with one attached hydrogen (secondary N) is 1. The molecule has 0 bridgehead atoms. The van der Waals surface area contributed by atoms with Gasteiger partial charge in [-0.1, -0.05) is 6.07 Å². The second kappa shape index (κ2) is 4.22. The van der Waals surface area contributed by atoms with E-state index in [1.165, 1.54) is 12.3 Å². The van der Waals surface area contributed by atoms with Gasteiger partial charge in [0.25, 0.3) is 0 Å². The van der Waals surface area contributed by atoms with Crippen LogP contribution in [0.25, 0.3) is 0 Å². The fourth-order valence-corrected chi connectivity index (χ4v) is 0.857. The van der Waals surface area contributed by atoms with Gasteiger partial charge >= 0.3 is 7.12 Å². The predicted molar refractivity (Wildman–Crippen MR) is 49.4 cm³/mol. The highest BCUT2D eigenvalue weighted by atomic mass is 16.4. The van der Waals surface area contributed by atoms with Crippen molar-refractivity contribution >= 4 is 18.4 Å². The summed E-state index contributed by atoms with van der Waals surface area (Å²) in [7, 11) is -1.51. The van der Waals surface area contributed by atoms with Gasteiger partial charge in [0.05, 0.1) is 0 Å². The van der Waals surface area contributed by atoms with Gasteiger partial charge < -0.3 is 20.5 Å². The van der Waals surface area contributed by atoms with E-state index in [-0.39, 0.29) is 0 Å². The Hall–Kier alpha value is -1.11. The highest BCUT2D eigenvalue weighted by Crippen LogP contribution is 1.99. The molecule has 0 aliphatic heterocycles. The van der Waals surface area contributed by atoms with Crippen molar-refractivity contribution in [3.63, 3.8) is 0 Å². The fraction of sp³-hybridized carbons (Fsp3) is 0.286. The van der Waals surface area contributed by atoms with Crippen LogP contribution in [0.3, 0.4) is 0 Å². The van der Waals surface area contributed by atoms with Crippen molar-refractivity contribution in [3.8, 4) is 0 Å². The molecule has 6 heteroatoms. The van der Waals surface area contributed by atoms with Crippen molar-refractivity contribution in [1.82, 2.24) is 4.98 Å². The van der Waals surface area contributed by atoms with Gasteiger partial charge in [0.2, 0.25) is 0 Å². The highest BCUT2D eigenvalue weighted by Gasteiger charge is 2.10. The van der Waals surface area contributed by atoms with Crippen LogP contribution in [0.2, 0.25) is 0 Å². The quantitative estimate of drug-likeness (QED) is 0.338. The fourth-order valence-electron chi connectivity index (χ4n) is 0.857. The van der Waals surface area contributed by atoms with Gasteiger partial charge in [-0.05, 0) is 13.0 Å². The van der Waals surface area contributed by atoms with Crippen LogP contribution in [0.15, 0.2) is 18.3 Å². The van der Waals surface area contributed by atoms with Crippen molar-refractivity contribution in [1.29, 1.82) is 0 Å². The molecule has 0 aromatic carbocycles. The third kappa shape index (κ3) is 3.02. The van der Waals surface area contributed by atoms with Crippen molar-refractivity contribution < 1.29 is 15.2 Å². The molecule has 4 N–H and O–H groups in total. The molecule has 1 unspecified atom stereocenters. The number of hydrogen-bond acceptors (Lipinski definition) is 5. The first-order chi connectivity index (χ1) is 6.09. The van der Waals surface area contributed by atoms with Gasteiger partial charge in [0.15, 0.2) is 0 Å². The van der Waals surface area contributed by atoms with Crippen molar-refractivity contribution in [2.45, 2.75) is 13.2 Å². The minimum Gasteiger partial charge on any atom is -0.423 e. The number of aliphatic hydroxyl groups excluding tert-OH is 1. The molecule has 1 rings (SSSR count). The molecule has 0 aliphatic rings. The third-order valence-corrected chi connectivity index (χ3v) is 1.44. The maximum absolute atomic E-state index is 8.93. The molecule has 0 amide bonds. The van der Waals surface area contributed by atoms with Crippen LogP contribution in [0.1, 0.15) is 6.92 Å². The smallest absolute Gasteiger partial charge is 0.423 e. The minimum absolute atomic E-state index is 0.316. The summed E-state index contributed by atoms with van der Waals surface area (Å²) in [5.41, 5.74) is 0.316. The lowest BCUT2D eigenvalue weighted by molar-refractivity contribution is 0.224. The minimum atomic E-state index is -1.51. The average Bonchev–Trinajstić information content (AvgIpc) is 2.04. The lowest BCUT2D eigenvalue weighted by Crippen LogP contribution is -2.30. The summed E-state index contributed by atoms with van der Waals surface area (Å²) < 4.78 is 0. The summed E-state index contributed by atoms with van der Waals surface area (Å²) in [6, 6.07) is 3.07. The van der Waals surface area contributed by atoms with Gasteiger partial charge in [-0.15, -0.1) is 0 Å². The maximum Gasteiger partial charge on any atom is 0.490 e. The number of aliphatic hydroxyl groups is 1. The zero-order valence-electron chi connectivity index (χ0n) is 7.18. The van der Waals surface area contributed by atoms with Crippen LogP contribution in [-0.4, -0.2) is 33.5 Å². The maximum atomic E-state index is 8.93. The van der Waals surface area contributed by atoms with Crippen molar-refractivity contribution in [2.24, 2.45) is 0 Å². The molecule has 0 saturated heterocycles. The Kier molecular flexibility index (Phi) is 3.24. The SMILES string of the molecule is CC(O)Nc1ccc(B(O)O)cn1. The number of anilines is 1. The predicted octanol–water partition coefficient (Wildman–Crippen LogP) is -1.49. The summed E-state index contributed by atoms with van der Waals surface area (Å²) in [6.45, 7) is 1.57. The van der Waals surface area contributed by atoms with Crippen molar-refractivity contribution in [2.75, 3.05) is 5.32 Å². The van der Waals surface area contributed by atoms with E-state index in [0.29, 0.717) is 11.3 Å². The lowest BCUT2D eigenvalue weighted by Gasteiger charge is -2.07. The Balaban J connectivity index is 2.70. The number of nitrogens with zero attached hydrogens (tertiary/aromatic N) is 1. The Morgan fingerprint density at radius 2 is 2.15 bits per heavy atom. The number of aromatic nitrogens is 1. The summed E-state index contributed by atoms with van der Waals surface area (Å²) >= 11 is 0. The number of rotatable bonds is 3. The van der Waals surface area contributed by atoms with Gasteiger partial charge in [-0.2, -0.15) is 0 Å². The van der Waals surface area contributed by atoms with Gasteiger partial charge in [0, 0.05) is 11.7 Å². The molecule has 1 aromatic heterocycles. The molecule has 0 radical (unpaired) electrons. The van der Waals surface area contributed by atoms with E-state index in [9.17, 15) is 0 Å². The summed E-state index contributed by atoms with van der Waals surface area (Å²) in [5, 5.41) is 29.1. The molecular weight excluding hydrogens is 171 g/mol. The van der Waals surface area contributed by atoms with E-state index < -0.39 is 13.3 Å².